The zero-order valence-corrected chi connectivity index (χ0v) is 9.61. The van der Waals surface area contributed by atoms with Gasteiger partial charge in [-0.15, -0.1) is 0 Å². The van der Waals surface area contributed by atoms with Gasteiger partial charge in [0.15, 0.2) is 0 Å². The summed E-state index contributed by atoms with van der Waals surface area (Å²) in [5.41, 5.74) is 9.13. The third-order valence-electron chi connectivity index (χ3n) is 3.44. The van der Waals surface area contributed by atoms with Gasteiger partial charge in [0.1, 0.15) is 0 Å². The zero-order valence-electron chi connectivity index (χ0n) is 9.61. The number of benzene rings is 1. The molecule has 1 aromatic carbocycles. The number of nitrogens with two attached hydrogens (primary N) is 1. The topological polar surface area (TPSA) is 29.3 Å². The first kappa shape index (κ1) is 10.7. The largest absolute Gasteiger partial charge is 0.323 e. The molecule has 2 heteroatoms. The average molecular weight is 204 g/mol. The van der Waals surface area contributed by atoms with E-state index in [2.05, 4.69) is 43.3 Å². The van der Waals surface area contributed by atoms with Crippen LogP contribution in [0.5, 0.6) is 0 Å². The lowest BCUT2D eigenvalue weighted by Gasteiger charge is -2.29. The molecule has 0 fully saturated rings. The summed E-state index contributed by atoms with van der Waals surface area (Å²) in [5, 5.41) is 0. The van der Waals surface area contributed by atoms with Gasteiger partial charge >= 0.3 is 0 Å². The number of nitrogens with zero attached hydrogens (tertiary/aromatic N) is 1. The van der Waals surface area contributed by atoms with Crippen LogP contribution in [-0.2, 0) is 6.42 Å². The van der Waals surface area contributed by atoms with E-state index >= 15 is 0 Å². The molecule has 1 aliphatic rings. The van der Waals surface area contributed by atoms with E-state index in [0.29, 0.717) is 6.04 Å². The molecule has 0 amide bonds. The number of hydrogen-bond donors (Lipinski definition) is 1. The minimum absolute atomic E-state index is 0.165. The molecule has 2 nitrogen and oxygen atoms in total. The Kier molecular flexibility index (Phi) is 3.08. The van der Waals surface area contributed by atoms with E-state index in [1.165, 1.54) is 30.4 Å². The first-order chi connectivity index (χ1) is 7.20. The number of hydrogen-bond acceptors (Lipinski definition) is 2. The summed E-state index contributed by atoms with van der Waals surface area (Å²) >= 11 is 0. The third kappa shape index (κ3) is 2.06. The highest BCUT2D eigenvalue weighted by Crippen LogP contribution is 2.29. The molecular formula is C13H20N2. The van der Waals surface area contributed by atoms with Gasteiger partial charge in [0.2, 0.25) is 0 Å². The van der Waals surface area contributed by atoms with Gasteiger partial charge < -0.3 is 10.6 Å². The van der Waals surface area contributed by atoms with E-state index < -0.39 is 0 Å². The van der Waals surface area contributed by atoms with Crippen molar-refractivity contribution in [1.29, 1.82) is 0 Å². The second kappa shape index (κ2) is 4.33. The lowest BCUT2D eigenvalue weighted by Crippen LogP contribution is -2.37. The molecule has 2 unspecified atom stereocenters. The van der Waals surface area contributed by atoms with Crippen LogP contribution in [-0.4, -0.2) is 25.0 Å². The Balaban J connectivity index is 2.34. The van der Waals surface area contributed by atoms with Crippen molar-refractivity contribution in [1.82, 2.24) is 4.90 Å². The van der Waals surface area contributed by atoms with Crippen LogP contribution >= 0.6 is 0 Å². The zero-order chi connectivity index (χ0) is 10.8. The molecular weight excluding hydrogens is 184 g/mol. The van der Waals surface area contributed by atoms with E-state index in [-0.39, 0.29) is 6.04 Å². The highest BCUT2D eigenvalue weighted by molar-refractivity contribution is 5.32. The molecule has 1 aliphatic carbocycles. The van der Waals surface area contributed by atoms with Crippen molar-refractivity contribution in [2.24, 2.45) is 5.73 Å². The van der Waals surface area contributed by atoms with Crippen LogP contribution in [0.2, 0.25) is 0 Å². The van der Waals surface area contributed by atoms with Gasteiger partial charge in [0, 0.05) is 12.1 Å². The molecule has 0 bridgehead atoms. The first-order valence-corrected chi connectivity index (χ1v) is 5.70. The van der Waals surface area contributed by atoms with Crippen molar-refractivity contribution in [3.8, 4) is 0 Å². The van der Waals surface area contributed by atoms with Gasteiger partial charge in [-0.2, -0.15) is 0 Å². The maximum absolute atomic E-state index is 6.35. The van der Waals surface area contributed by atoms with E-state index in [1.807, 2.05) is 0 Å². The van der Waals surface area contributed by atoms with Crippen LogP contribution in [0.4, 0.5) is 0 Å². The van der Waals surface area contributed by atoms with Crippen molar-refractivity contribution in [3.05, 3.63) is 35.4 Å². The van der Waals surface area contributed by atoms with Gasteiger partial charge in [-0.1, -0.05) is 24.3 Å². The molecule has 1 aromatic rings. The predicted molar refractivity (Wildman–Crippen MR) is 63.8 cm³/mol. The van der Waals surface area contributed by atoms with Crippen molar-refractivity contribution < 1.29 is 0 Å². The van der Waals surface area contributed by atoms with E-state index in [0.717, 1.165) is 0 Å². The summed E-state index contributed by atoms with van der Waals surface area (Å²) in [4.78, 5) is 2.26. The first-order valence-electron chi connectivity index (χ1n) is 5.70. The smallest absolute Gasteiger partial charge is 0.0455 e. The standard InChI is InChI=1S/C13H20N2/c1-15(2)12-9-5-7-10-6-3-4-8-11(10)13(12)14/h3-4,6,8,12-13H,5,7,9,14H2,1-2H3. The quantitative estimate of drug-likeness (QED) is 0.708. The van der Waals surface area contributed by atoms with Crippen molar-refractivity contribution in [3.63, 3.8) is 0 Å². The number of aryl methyl sites for hydroxylation is 1. The molecule has 0 aromatic heterocycles. The van der Waals surface area contributed by atoms with Crippen LogP contribution in [0.3, 0.4) is 0 Å². The Morgan fingerprint density at radius 1 is 1.27 bits per heavy atom. The Labute approximate surface area is 92.1 Å². The van der Waals surface area contributed by atoms with Crippen LogP contribution in [0.15, 0.2) is 24.3 Å². The maximum Gasteiger partial charge on any atom is 0.0455 e. The van der Waals surface area contributed by atoms with Gasteiger partial charge in [-0.25, -0.2) is 0 Å². The summed E-state index contributed by atoms with van der Waals surface area (Å²) in [6.07, 6.45) is 3.62. The molecule has 0 saturated heterocycles. The maximum atomic E-state index is 6.35. The van der Waals surface area contributed by atoms with Crippen LogP contribution in [0, 0.1) is 0 Å². The monoisotopic (exact) mass is 204 g/mol. The van der Waals surface area contributed by atoms with E-state index in [4.69, 9.17) is 5.73 Å². The van der Waals surface area contributed by atoms with Crippen LogP contribution in [0.25, 0.3) is 0 Å². The summed E-state index contributed by atoms with van der Waals surface area (Å²) in [6, 6.07) is 9.25. The molecule has 15 heavy (non-hydrogen) atoms. The molecule has 2 rings (SSSR count). The normalized spacial score (nSPS) is 26.1. The van der Waals surface area contributed by atoms with E-state index in [9.17, 15) is 0 Å². The lowest BCUT2D eigenvalue weighted by molar-refractivity contribution is 0.242. The summed E-state index contributed by atoms with van der Waals surface area (Å²) in [5.74, 6) is 0. The SMILES string of the molecule is CN(C)C1CCCc2ccccc2C1N. The minimum atomic E-state index is 0.165. The minimum Gasteiger partial charge on any atom is -0.323 e. The Morgan fingerprint density at radius 3 is 2.73 bits per heavy atom. The number of fused-ring (bicyclic) bond motifs is 1. The van der Waals surface area contributed by atoms with Crippen molar-refractivity contribution >= 4 is 0 Å². The highest BCUT2D eigenvalue weighted by atomic mass is 15.1. The Hall–Kier alpha value is -0.860. The second-order valence-electron chi connectivity index (χ2n) is 4.65. The molecule has 82 valence electrons. The van der Waals surface area contributed by atoms with Gasteiger partial charge in [0.05, 0.1) is 0 Å². The fourth-order valence-corrected chi connectivity index (χ4v) is 2.55. The highest BCUT2D eigenvalue weighted by Gasteiger charge is 2.25. The fraction of sp³-hybridized carbons (Fsp3) is 0.538. The summed E-state index contributed by atoms with van der Waals surface area (Å²) in [7, 11) is 4.25. The molecule has 0 saturated carbocycles. The predicted octanol–water partition coefficient (Wildman–Crippen LogP) is 1.95. The molecule has 0 radical (unpaired) electrons. The molecule has 0 heterocycles. The van der Waals surface area contributed by atoms with Gasteiger partial charge in [0.25, 0.3) is 0 Å². The molecule has 0 spiro atoms. The Morgan fingerprint density at radius 2 is 2.00 bits per heavy atom. The molecule has 2 N–H and O–H groups in total. The van der Waals surface area contributed by atoms with Crippen molar-refractivity contribution in [2.75, 3.05) is 14.1 Å². The summed E-state index contributed by atoms with van der Waals surface area (Å²) < 4.78 is 0. The second-order valence-corrected chi connectivity index (χ2v) is 4.65. The van der Waals surface area contributed by atoms with Gasteiger partial charge in [-0.3, -0.25) is 0 Å². The fourth-order valence-electron chi connectivity index (χ4n) is 2.55. The van der Waals surface area contributed by atoms with Crippen LogP contribution < -0.4 is 5.73 Å². The van der Waals surface area contributed by atoms with E-state index in [1.54, 1.807) is 0 Å². The number of likely N-dealkylation sites (N-methyl/N-ethyl adjacent to an activating group) is 1. The third-order valence-corrected chi connectivity index (χ3v) is 3.44. The summed E-state index contributed by atoms with van der Waals surface area (Å²) in [6.45, 7) is 0. The average Bonchev–Trinajstić information content (AvgIpc) is 2.39. The van der Waals surface area contributed by atoms with Gasteiger partial charge in [-0.05, 0) is 44.5 Å². The molecule has 0 aliphatic heterocycles. The van der Waals surface area contributed by atoms with Crippen molar-refractivity contribution in [2.45, 2.75) is 31.3 Å². The van der Waals surface area contributed by atoms with Crippen LogP contribution in [0.1, 0.15) is 30.0 Å². The Bertz CT molecular complexity index is 333. The lowest BCUT2D eigenvalue weighted by atomic mass is 9.96. The number of rotatable bonds is 1. The molecule has 2 atom stereocenters.